The van der Waals surface area contributed by atoms with Crippen LogP contribution in [0.1, 0.15) is 39.7 Å². The molecule has 8 nitrogen and oxygen atoms in total. The van der Waals surface area contributed by atoms with E-state index in [0.29, 0.717) is 18.8 Å². The van der Waals surface area contributed by atoms with Crippen molar-refractivity contribution in [3.8, 4) is 5.75 Å². The fourth-order valence-corrected chi connectivity index (χ4v) is 5.63. The third kappa shape index (κ3) is 7.81. The van der Waals surface area contributed by atoms with Crippen LogP contribution in [0.5, 0.6) is 5.75 Å². The molecule has 1 atom stereocenters. The van der Waals surface area contributed by atoms with Crippen molar-refractivity contribution in [2.45, 2.75) is 57.6 Å². The van der Waals surface area contributed by atoms with Crippen LogP contribution < -0.4 is 14.4 Å². The van der Waals surface area contributed by atoms with Gasteiger partial charge in [-0.3, -0.25) is 13.9 Å². The van der Waals surface area contributed by atoms with Crippen molar-refractivity contribution in [1.82, 2.24) is 10.2 Å². The van der Waals surface area contributed by atoms with E-state index in [1.165, 1.54) is 41.3 Å². The zero-order chi connectivity index (χ0) is 29.3. The van der Waals surface area contributed by atoms with Gasteiger partial charge in [-0.2, -0.15) is 0 Å². The molecule has 0 bridgehead atoms. The standard InChI is InChI=1S/C30H36FN3O5S/c1-5-28(30(36)32-22(3)4)33(20-23-10-8-7-9-11-23)29(35)21-34(25-14-12-24(31)13-15-25)40(37,38)27-18-16-26(17-19-27)39-6-2/h7-19,22,28H,5-6,20-21H2,1-4H3,(H,32,36)/t28-/m0/s1. The van der Waals surface area contributed by atoms with Gasteiger partial charge in [0.1, 0.15) is 24.2 Å². The van der Waals surface area contributed by atoms with E-state index < -0.39 is 34.3 Å². The lowest BCUT2D eigenvalue weighted by Crippen LogP contribution is -2.53. The number of halogens is 1. The SMILES string of the molecule is CCOc1ccc(S(=O)(=O)N(CC(=O)N(Cc2ccccc2)[C@@H](CC)C(=O)NC(C)C)c2ccc(F)cc2)cc1. The minimum atomic E-state index is -4.26. The van der Waals surface area contributed by atoms with Crippen LogP contribution in [0.25, 0.3) is 0 Å². The van der Waals surface area contributed by atoms with Gasteiger partial charge in [0.25, 0.3) is 10.0 Å². The molecular formula is C30H36FN3O5S. The van der Waals surface area contributed by atoms with Gasteiger partial charge in [-0.25, -0.2) is 12.8 Å². The van der Waals surface area contributed by atoms with E-state index in [9.17, 15) is 22.4 Å². The first-order chi connectivity index (χ1) is 19.1. The fraction of sp³-hybridized carbons (Fsp3) is 0.333. The van der Waals surface area contributed by atoms with E-state index in [4.69, 9.17) is 4.74 Å². The Morgan fingerprint density at radius 3 is 2.10 bits per heavy atom. The van der Waals surface area contributed by atoms with E-state index in [1.54, 1.807) is 6.92 Å². The first-order valence-electron chi connectivity index (χ1n) is 13.2. The van der Waals surface area contributed by atoms with Gasteiger partial charge in [0, 0.05) is 12.6 Å². The van der Waals surface area contributed by atoms with E-state index in [2.05, 4.69) is 5.32 Å². The minimum absolute atomic E-state index is 0.0627. The maximum Gasteiger partial charge on any atom is 0.264 e. The highest BCUT2D eigenvalue weighted by Crippen LogP contribution is 2.26. The van der Waals surface area contributed by atoms with Crippen molar-refractivity contribution in [3.63, 3.8) is 0 Å². The zero-order valence-corrected chi connectivity index (χ0v) is 24.0. The molecule has 3 aromatic rings. The summed E-state index contributed by atoms with van der Waals surface area (Å²) >= 11 is 0. The Morgan fingerprint density at radius 2 is 1.55 bits per heavy atom. The maximum absolute atomic E-state index is 14.0. The van der Waals surface area contributed by atoms with Crippen LogP contribution in [-0.4, -0.2) is 50.4 Å². The Bertz CT molecular complexity index is 1360. The highest BCUT2D eigenvalue weighted by molar-refractivity contribution is 7.92. The molecule has 10 heteroatoms. The molecule has 0 saturated heterocycles. The second kappa shape index (κ2) is 13.9. The van der Waals surface area contributed by atoms with Crippen molar-refractivity contribution in [2.75, 3.05) is 17.5 Å². The molecule has 3 aromatic carbocycles. The number of amides is 2. The lowest BCUT2D eigenvalue weighted by molar-refractivity contribution is -0.140. The third-order valence-corrected chi connectivity index (χ3v) is 7.92. The van der Waals surface area contributed by atoms with Gasteiger partial charge in [0.05, 0.1) is 17.2 Å². The summed E-state index contributed by atoms with van der Waals surface area (Å²) in [6.07, 6.45) is 0.319. The summed E-state index contributed by atoms with van der Waals surface area (Å²) in [7, 11) is -4.26. The number of anilines is 1. The first-order valence-corrected chi connectivity index (χ1v) is 14.7. The summed E-state index contributed by atoms with van der Waals surface area (Å²) in [5, 5.41) is 2.86. The zero-order valence-electron chi connectivity index (χ0n) is 23.2. The topological polar surface area (TPSA) is 96.0 Å². The number of hydrogen-bond donors (Lipinski definition) is 1. The molecule has 2 amide bonds. The molecule has 0 fully saturated rings. The normalized spacial score (nSPS) is 12.1. The number of carbonyl (C=O) groups excluding carboxylic acids is 2. The van der Waals surface area contributed by atoms with E-state index >= 15 is 0 Å². The van der Waals surface area contributed by atoms with Crippen molar-refractivity contribution in [2.24, 2.45) is 0 Å². The van der Waals surface area contributed by atoms with Crippen LogP contribution in [0, 0.1) is 5.82 Å². The van der Waals surface area contributed by atoms with Crippen LogP contribution in [0.4, 0.5) is 10.1 Å². The minimum Gasteiger partial charge on any atom is -0.494 e. The highest BCUT2D eigenvalue weighted by atomic mass is 32.2. The molecule has 0 spiro atoms. The smallest absolute Gasteiger partial charge is 0.264 e. The third-order valence-electron chi connectivity index (χ3n) is 6.13. The quantitative estimate of drug-likeness (QED) is 0.321. The summed E-state index contributed by atoms with van der Waals surface area (Å²) in [6.45, 7) is 7.19. The molecule has 0 aliphatic carbocycles. The second-order valence-corrected chi connectivity index (χ2v) is 11.3. The summed E-state index contributed by atoms with van der Waals surface area (Å²) < 4.78 is 47.9. The van der Waals surface area contributed by atoms with Gasteiger partial charge in [-0.15, -0.1) is 0 Å². The van der Waals surface area contributed by atoms with Gasteiger partial charge in [-0.05, 0) is 81.3 Å². The first kappa shape index (κ1) is 30.6. The van der Waals surface area contributed by atoms with E-state index in [1.807, 2.05) is 51.1 Å². The number of nitrogens with one attached hydrogen (secondary N) is 1. The van der Waals surface area contributed by atoms with Gasteiger partial charge < -0.3 is 15.0 Å². The molecule has 1 N–H and O–H groups in total. The number of nitrogens with zero attached hydrogens (tertiary/aromatic N) is 2. The van der Waals surface area contributed by atoms with Gasteiger partial charge >= 0.3 is 0 Å². The average molecular weight is 570 g/mol. The Hall–Kier alpha value is -3.92. The van der Waals surface area contributed by atoms with Crippen LogP contribution in [0.3, 0.4) is 0 Å². The average Bonchev–Trinajstić information content (AvgIpc) is 2.92. The molecule has 0 saturated carbocycles. The van der Waals surface area contributed by atoms with Crippen molar-refractivity contribution < 1.29 is 27.1 Å². The Morgan fingerprint density at radius 1 is 0.925 bits per heavy atom. The molecule has 214 valence electrons. The molecule has 0 aromatic heterocycles. The molecule has 0 radical (unpaired) electrons. The molecule has 0 unspecified atom stereocenters. The van der Waals surface area contributed by atoms with Crippen LogP contribution >= 0.6 is 0 Å². The Kier molecular flexibility index (Phi) is 10.7. The lowest BCUT2D eigenvalue weighted by atomic mass is 10.1. The summed E-state index contributed by atoms with van der Waals surface area (Å²) in [5.74, 6) is -0.949. The van der Waals surface area contributed by atoms with Gasteiger partial charge in [-0.1, -0.05) is 37.3 Å². The Labute approximate surface area is 235 Å². The number of hydrogen-bond acceptors (Lipinski definition) is 5. The lowest BCUT2D eigenvalue weighted by Gasteiger charge is -2.33. The number of rotatable bonds is 13. The predicted molar refractivity (Wildman–Crippen MR) is 153 cm³/mol. The molecular weight excluding hydrogens is 533 g/mol. The number of ether oxygens (including phenoxy) is 1. The Balaban J connectivity index is 2.03. The summed E-state index contributed by atoms with van der Waals surface area (Å²) in [6, 6.07) is 18.9. The highest BCUT2D eigenvalue weighted by Gasteiger charge is 2.33. The van der Waals surface area contributed by atoms with Gasteiger partial charge in [0.15, 0.2) is 0 Å². The molecule has 0 aliphatic rings. The maximum atomic E-state index is 14.0. The van der Waals surface area contributed by atoms with E-state index in [0.717, 1.165) is 22.0 Å². The van der Waals surface area contributed by atoms with Crippen LogP contribution in [-0.2, 0) is 26.2 Å². The van der Waals surface area contributed by atoms with Crippen LogP contribution in [0.2, 0.25) is 0 Å². The number of carbonyl (C=O) groups is 2. The molecule has 0 aliphatic heterocycles. The molecule has 40 heavy (non-hydrogen) atoms. The largest absolute Gasteiger partial charge is 0.494 e. The summed E-state index contributed by atoms with van der Waals surface area (Å²) in [4.78, 5) is 28.4. The molecule has 0 heterocycles. The van der Waals surface area contributed by atoms with Gasteiger partial charge in [0.2, 0.25) is 11.8 Å². The van der Waals surface area contributed by atoms with Crippen molar-refractivity contribution >= 4 is 27.5 Å². The summed E-state index contributed by atoms with van der Waals surface area (Å²) in [5.41, 5.74) is 0.900. The number of benzene rings is 3. The second-order valence-electron chi connectivity index (χ2n) is 9.49. The van der Waals surface area contributed by atoms with Crippen molar-refractivity contribution in [3.05, 3.63) is 90.2 Å². The van der Waals surface area contributed by atoms with Crippen molar-refractivity contribution in [1.29, 1.82) is 0 Å². The molecule has 3 rings (SSSR count). The fourth-order valence-electron chi connectivity index (χ4n) is 4.22. The number of sulfonamides is 1. The van der Waals surface area contributed by atoms with Crippen LogP contribution in [0.15, 0.2) is 83.8 Å². The van der Waals surface area contributed by atoms with E-state index in [-0.39, 0.29) is 29.1 Å². The predicted octanol–water partition coefficient (Wildman–Crippen LogP) is 4.75. The monoisotopic (exact) mass is 569 g/mol.